The SMILES string of the molecule is CCCCN(CC(=O)N1CCc2sccc2C1c1ccccc1)C(=O)C=Cc1ccc([N+](=O)[O-])cc1. The van der Waals surface area contributed by atoms with Gasteiger partial charge in [-0.25, -0.2) is 0 Å². The smallest absolute Gasteiger partial charge is 0.269 e. The van der Waals surface area contributed by atoms with Crippen LogP contribution in [0.1, 0.15) is 47.4 Å². The molecule has 36 heavy (non-hydrogen) atoms. The molecule has 1 aromatic heterocycles. The van der Waals surface area contributed by atoms with Gasteiger partial charge in [-0.05, 0) is 59.2 Å². The van der Waals surface area contributed by atoms with Gasteiger partial charge in [-0.2, -0.15) is 0 Å². The van der Waals surface area contributed by atoms with E-state index in [0.29, 0.717) is 18.7 Å². The maximum Gasteiger partial charge on any atom is 0.269 e. The normalized spacial score (nSPS) is 15.0. The van der Waals surface area contributed by atoms with Gasteiger partial charge in [0.2, 0.25) is 11.8 Å². The van der Waals surface area contributed by atoms with E-state index in [4.69, 9.17) is 0 Å². The van der Waals surface area contributed by atoms with Crippen LogP contribution in [0, 0.1) is 10.1 Å². The van der Waals surface area contributed by atoms with Gasteiger partial charge in [0.05, 0.1) is 11.0 Å². The van der Waals surface area contributed by atoms with Crippen LogP contribution in [-0.4, -0.2) is 46.2 Å². The number of hydrogen-bond donors (Lipinski definition) is 0. The number of nitrogens with zero attached hydrogens (tertiary/aromatic N) is 3. The first kappa shape index (κ1) is 25.3. The summed E-state index contributed by atoms with van der Waals surface area (Å²) in [6.07, 6.45) is 5.57. The third kappa shape index (κ3) is 5.88. The van der Waals surface area contributed by atoms with E-state index < -0.39 is 4.92 Å². The van der Waals surface area contributed by atoms with Gasteiger partial charge in [0, 0.05) is 36.2 Å². The third-order valence-corrected chi connectivity index (χ3v) is 7.34. The Kier molecular flexibility index (Phi) is 8.28. The van der Waals surface area contributed by atoms with Crippen molar-refractivity contribution < 1.29 is 14.5 Å². The number of rotatable bonds is 9. The highest BCUT2D eigenvalue weighted by Crippen LogP contribution is 2.37. The molecule has 1 atom stereocenters. The Labute approximate surface area is 214 Å². The van der Waals surface area contributed by atoms with Gasteiger partial charge < -0.3 is 9.80 Å². The number of thiophene rings is 1. The van der Waals surface area contributed by atoms with Crippen molar-refractivity contribution in [3.8, 4) is 0 Å². The highest BCUT2D eigenvalue weighted by Gasteiger charge is 2.33. The second-order valence-corrected chi connectivity index (χ2v) is 9.75. The van der Waals surface area contributed by atoms with Crippen molar-refractivity contribution >= 4 is 34.9 Å². The quantitative estimate of drug-likeness (QED) is 0.220. The maximum absolute atomic E-state index is 13.6. The Balaban J connectivity index is 1.51. The van der Waals surface area contributed by atoms with Crippen LogP contribution in [-0.2, 0) is 16.0 Å². The number of amides is 2. The number of non-ortho nitro benzene ring substituents is 1. The lowest BCUT2D eigenvalue weighted by Crippen LogP contribution is -2.46. The number of nitro groups is 1. The number of fused-ring (bicyclic) bond motifs is 1. The Bertz CT molecular complexity index is 1240. The fourth-order valence-electron chi connectivity index (χ4n) is 4.43. The zero-order valence-electron chi connectivity index (χ0n) is 20.2. The number of benzene rings is 2. The molecule has 0 saturated carbocycles. The van der Waals surface area contributed by atoms with Crippen molar-refractivity contribution in [3.05, 3.63) is 104 Å². The summed E-state index contributed by atoms with van der Waals surface area (Å²) in [7, 11) is 0. The summed E-state index contributed by atoms with van der Waals surface area (Å²) in [5, 5.41) is 12.9. The van der Waals surface area contributed by atoms with Gasteiger partial charge in [-0.3, -0.25) is 19.7 Å². The molecule has 0 saturated heterocycles. The summed E-state index contributed by atoms with van der Waals surface area (Å²) in [6.45, 7) is 3.15. The number of unbranched alkanes of at least 4 members (excludes halogenated alkanes) is 1. The second kappa shape index (κ2) is 11.8. The zero-order chi connectivity index (χ0) is 25.5. The molecule has 1 unspecified atom stereocenters. The van der Waals surface area contributed by atoms with E-state index >= 15 is 0 Å². The molecule has 0 radical (unpaired) electrons. The zero-order valence-corrected chi connectivity index (χ0v) is 21.0. The molecule has 0 aliphatic carbocycles. The molecule has 2 amide bonds. The monoisotopic (exact) mass is 503 g/mol. The summed E-state index contributed by atoms with van der Waals surface area (Å²) < 4.78 is 0. The molecule has 4 rings (SSSR count). The number of hydrogen-bond acceptors (Lipinski definition) is 5. The maximum atomic E-state index is 13.6. The van der Waals surface area contributed by atoms with Crippen LogP contribution in [0.3, 0.4) is 0 Å². The highest BCUT2D eigenvalue weighted by molar-refractivity contribution is 7.10. The van der Waals surface area contributed by atoms with Gasteiger partial charge in [-0.1, -0.05) is 43.7 Å². The van der Waals surface area contributed by atoms with Crippen molar-refractivity contribution in [2.24, 2.45) is 0 Å². The summed E-state index contributed by atoms with van der Waals surface area (Å²) >= 11 is 1.73. The van der Waals surface area contributed by atoms with Gasteiger partial charge in [0.25, 0.3) is 5.69 Å². The predicted octanol–water partition coefficient (Wildman–Crippen LogP) is 5.47. The molecule has 0 spiro atoms. The molecule has 8 heteroatoms. The van der Waals surface area contributed by atoms with E-state index in [0.717, 1.165) is 30.4 Å². The fourth-order valence-corrected chi connectivity index (χ4v) is 5.33. The van der Waals surface area contributed by atoms with Crippen molar-refractivity contribution in [3.63, 3.8) is 0 Å². The fraction of sp³-hybridized carbons (Fsp3) is 0.286. The van der Waals surface area contributed by atoms with Crippen LogP contribution in [0.2, 0.25) is 0 Å². The lowest BCUT2D eigenvalue weighted by Gasteiger charge is -2.37. The Hall–Kier alpha value is -3.78. The Morgan fingerprint density at radius 2 is 1.89 bits per heavy atom. The average Bonchev–Trinajstić information content (AvgIpc) is 3.38. The summed E-state index contributed by atoms with van der Waals surface area (Å²) in [5.74, 6) is -0.325. The molecule has 2 heterocycles. The van der Waals surface area contributed by atoms with Crippen molar-refractivity contribution in [2.45, 2.75) is 32.2 Å². The first-order valence-corrected chi connectivity index (χ1v) is 13.0. The molecule has 0 bridgehead atoms. The minimum Gasteiger partial charge on any atom is -0.330 e. The lowest BCUT2D eigenvalue weighted by atomic mass is 9.93. The summed E-state index contributed by atoms with van der Waals surface area (Å²) in [6, 6.07) is 18.0. The van der Waals surface area contributed by atoms with Gasteiger partial charge >= 0.3 is 0 Å². The average molecular weight is 504 g/mol. The van der Waals surface area contributed by atoms with Crippen LogP contribution >= 0.6 is 11.3 Å². The highest BCUT2D eigenvalue weighted by atomic mass is 32.1. The Morgan fingerprint density at radius 3 is 2.58 bits per heavy atom. The van der Waals surface area contributed by atoms with Crippen molar-refractivity contribution in [2.75, 3.05) is 19.6 Å². The molecular weight excluding hydrogens is 474 g/mol. The molecule has 2 aromatic carbocycles. The van der Waals surface area contributed by atoms with Crippen LogP contribution in [0.4, 0.5) is 5.69 Å². The molecule has 7 nitrogen and oxygen atoms in total. The summed E-state index contributed by atoms with van der Waals surface area (Å²) in [4.78, 5) is 41.9. The van der Waals surface area contributed by atoms with Crippen molar-refractivity contribution in [1.82, 2.24) is 9.80 Å². The van der Waals surface area contributed by atoms with Crippen molar-refractivity contribution in [1.29, 1.82) is 0 Å². The summed E-state index contributed by atoms with van der Waals surface area (Å²) in [5.41, 5.74) is 2.91. The number of carbonyl (C=O) groups is 2. The Morgan fingerprint density at radius 1 is 1.14 bits per heavy atom. The molecule has 1 aliphatic heterocycles. The van der Waals surface area contributed by atoms with E-state index in [1.54, 1.807) is 34.4 Å². The van der Waals surface area contributed by atoms with Gasteiger partial charge in [0.1, 0.15) is 6.54 Å². The van der Waals surface area contributed by atoms with E-state index in [2.05, 4.69) is 11.4 Å². The van der Waals surface area contributed by atoms with Crippen LogP contribution in [0.15, 0.2) is 72.1 Å². The van der Waals surface area contributed by atoms with E-state index in [-0.39, 0.29) is 30.1 Å². The van der Waals surface area contributed by atoms with Gasteiger partial charge in [-0.15, -0.1) is 11.3 Å². The standard InChI is InChI=1S/C28H29N3O4S/c1-2-3-17-29(26(32)14-11-21-9-12-23(13-10-21)31(34)35)20-27(33)30-18-15-25-24(16-19-36-25)28(30)22-7-5-4-6-8-22/h4-14,16,19,28H,2-3,15,17-18,20H2,1H3. The molecule has 0 fully saturated rings. The molecule has 0 N–H and O–H groups in total. The van der Waals surface area contributed by atoms with Gasteiger partial charge in [0.15, 0.2) is 0 Å². The predicted molar refractivity (Wildman–Crippen MR) is 142 cm³/mol. The molecule has 1 aliphatic rings. The topological polar surface area (TPSA) is 83.8 Å². The number of nitro benzene ring substituents is 1. The minimum atomic E-state index is -0.459. The first-order chi connectivity index (χ1) is 17.5. The molecule has 186 valence electrons. The largest absolute Gasteiger partial charge is 0.330 e. The van der Waals surface area contributed by atoms with E-state index in [9.17, 15) is 19.7 Å². The van der Waals surface area contributed by atoms with Crippen LogP contribution in [0.25, 0.3) is 6.08 Å². The van der Waals surface area contributed by atoms with Crippen LogP contribution < -0.4 is 0 Å². The second-order valence-electron chi connectivity index (χ2n) is 8.74. The lowest BCUT2D eigenvalue weighted by molar-refractivity contribution is -0.384. The number of carbonyl (C=O) groups excluding carboxylic acids is 2. The first-order valence-electron chi connectivity index (χ1n) is 12.1. The van der Waals surface area contributed by atoms with E-state index in [1.165, 1.54) is 23.1 Å². The van der Waals surface area contributed by atoms with Crippen LogP contribution in [0.5, 0.6) is 0 Å². The third-order valence-electron chi connectivity index (χ3n) is 6.34. The van der Waals surface area contributed by atoms with E-state index in [1.807, 2.05) is 42.2 Å². The molecule has 3 aromatic rings. The molecular formula is C28H29N3O4S. The minimum absolute atomic E-state index is 0.00285.